The number of ether oxygens (including phenoxy) is 1. The van der Waals surface area contributed by atoms with E-state index < -0.39 is 16.0 Å². The van der Waals surface area contributed by atoms with Crippen molar-refractivity contribution in [1.82, 2.24) is 18.8 Å². The Hall–Kier alpha value is -2.46. The van der Waals surface area contributed by atoms with Crippen molar-refractivity contribution < 1.29 is 22.7 Å². The van der Waals surface area contributed by atoms with Crippen molar-refractivity contribution in [3.63, 3.8) is 0 Å². The molecule has 1 aromatic heterocycles. The first-order chi connectivity index (χ1) is 15.6. The van der Waals surface area contributed by atoms with E-state index in [4.69, 9.17) is 4.74 Å². The summed E-state index contributed by atoms with van der Waals surface area (Å²) < 4.78 is 34.2. The molecule has 0 atom stereocenters. The minimum Gasteiger partial charge on any atom is -0.465 e. The van der Waals surface area contributed by atoms with Gasteiger partial charge in [-0.05, 0) is 45.9 Å². The maximum atomic E-state index is 12.9. The molecule has 2 aromatic rings. The lowest BCUT2D eigenvalue weighted by Crippen LogP contribution is -2.41. The number of aryl methyl sites for hydroxylation is 2. The van der Waals surface area contributed by atoms with E-state index in [1.54, 1.807) is 25.1 Å². The fourth-order valence-electron chi connectivity index (χ4n) is 3.84. The Morgan fingerprint density at radius 1 is 1.12 bits per heavy atom. The molecule has 0 aliphatic rings. The average molecular weight is 481 g/mol. The smallest absolute Gasteiger partial charge is 0.325 e. The van der Waals surface area contributed by atoms with Gasteiger partial charge in [0.1, 0.15) is 12.4 Å². The molecule has 184 valence electrons. The predicted octanol–water partition coefficient (Wildman–Crippen LogP) is 2.82. The van der Waals surface area contributed by atoms with Crippen molar-refractivity contribution in [1.29, 1.82) is 0 Å². The molecule has 9 nitrogen and oxygen atoms in total. The lowest BCUT2D eigenvalue weighted by atomic mass is 10.2. The van der Waals surface area contributed by atoms with Crippen molar-refractivity contribution in [2.45, 2.75) is 71.9 Å². The van der Waals surface area contributed by atoms with Crippen LogP contribution in [-0.4, -0.2) is 71.3 Å². The van der Waals surface area contributed by atoms with Gasteiger partial charge < -0.3 is 14.2 Å². The maximum absolute atomic E-state index is 12.9. The van der Waals surface area contributed by atoms with Crippen LogP contribution in [0.3, 0.4) is 0 Å². The molecule has 0 unspecified atom stereocenters. The Kier molecular flexibility index (Phi) is 9.42. The van der Waals surface area contributed by atoms with Gasteiger partial charge in [-0.25, -0.2) is 13.4 Å². The van der Waals surface area contributed by atoms with Crippen molar-refractivity contribution in [3.05, 3.63) is 24.0 Å². The second-order valence-corrected chi connectivity index (χ2v) is 9.87. The summed E-state index contributed by atoms with van der Waals surface area (Å²) in [5, 5.41) is 0. The van der Waals surface area contributed by atoms with Crippen molar-refractivity contribution in [2.75, 3.05) is 26.2 Å². The number of amides is 1. The molecule has 0 bridgehead atoms. The molecule has 0 N–H and O–H groups in total. The summed E-state index contributed by atoms with van der Waals surface area (Å²) >= 11 is 0. The van der Waals surface area contributed by atoms with Gasteiger partial charge >= 0.3 is 5.97 Å². The number of carbonyl (C=O) groups is 2. The van der Waals surface area contributed by atoms with Crippen LogP contribution < -0.4 is 0 Å². The van der Waals surface area contributed by atoms with E-state index in [-0.39, 0.29) is 36.4 Å². The molecule has 0 aliphatic carbocycles. The molecular weight excluding hydrogens is 444 g/mol. The monoisotopic (exact) mass is 480 g/mol. The highest BCUT2D eigenvalue weighted by molar-refractivity contribution is 7.89. The van der Waals surface area contributed by atoms with Crippen LogP contribution in [-0.2, 0) is 37.3 Å². The van der Waals surface area contributed by atoms with E-state index in [2.05, 4.69) is 4.98 Å². The van der Waals surface area contributed by atoms with E-state index >= 15 is 0 Å². The third kappa shape index (κ3) is 6.11. The topological polar surface area (TPSA) is 102 Å². The third-order valence-electron chi connectivity index (χ3n) is 5.57. The van der Waals surface area contributed by atoms with E-state index in [1.807, 2.05) is 39.2 Å². The van der Waals surface area contributed by atoms with Gasteiger partial charge in [0.05, 0.1) is 22.5 Å². The summed E-state index contributed by atoms with van der Waals surface area (Å²) in [6.07, 6.45) is 0.567. The SMILES string of the molecule is CCOC(=O)CN(C(=O)CCc1nc2cc(S(=O)(=O)N(CC)CC)ccc2n1CC)C(C)C. The van der Waals surface area contributed by atoms with Crippen LogP contribution in [0, 0.1) is 0 Å². The zero-order valence-corrected chi connectivity index (χ0v) is 21.3. The largest absolute Gasteiger partial charge is 0.465 e. The minimum absolute atomic E-state index is 0.0822. The van der Waals surface area contributed by atoms with Gasteiger partial charge in [-0.15, -0.1) is 0 Å². The van der Waals surface area contributed by atoms with Crippen LogP contribution in [0.1, 0.15) is 53.8 Å². The van der Waals surface area contributed by atoms with E-state index in [9.17, 15) is 18.0 Å². The number of nitrogens with zero attached hydrogens (tertiary/aromatic N) is 4. The summed E-state index contributed by atoms with van der Waals surface area (Å²) in [6, 6.07) is 4.84. The number of rotatable bonds is 12. The molecule has 1 aromatic carbocycles. The Balaban J connectivity index is 2.28. The summed E-state index contributed by atoms with van der Waals surface area (Å²) in [5.74, 6) is 0.123. The van der Waals surface area contributed by atoms with Gasteiger partial charge in [-0.1, -0.05) is 13.8 Å². The van der Waals surface area contributed by atoms with Crippen LogP contribution in [0.2, 0.25) is 0 Å². The Bertz CT molecular complexity index is 1070. The Morgan fingerprint density at radius 3 is 2.33 bits per heavy atom. The van der Waals surface area contributed by atoms with Gasteiger partial charge in [0.25, 0.3) is 0 Å². The summed E-state index contributed by atoms with van der Waals surface area (Å²) in [6.45, 7) is 12.7. The number of carbonyl (C=O) groups excluding carboxylic acids is 2. The normalized spacial score (nSPS) is 12.0. The average Bonchev–Trinajstić information content (AvgIpc) is 3.13. The molecule has 33 heavy (non-hydrogen) atoms. The molecular formula is C23H36N4O5S. The summed E-state index contributed by atoms with van der Waals surface area (Å²) in [7, 11) is -3.59. The Morgan fingerprint density at radius 2 is 1.79 bits per heavy atom. The summed E-state index contributed by atoms with van der Waals surface area (Å²) in [4.78, 5) is 31.1. The number of benzene rings is 1. The molecule has 1 amide bonds. The Labute approximate surface area is 196 Å². The third-order valence-corrected chi connectivity index (χ3v) is 7.61. The number of hydrogen-bond donors (Lipinski definition) is 0. The molecule has 1 heterocycles. The first-order valence-corrected chi connectivity index (χ1v) is 13.0. The van der Waals surface area contributed by atoms with Crippen LogP contribution in [0.25, 0.3) is 11.0 Å². The minimum atomic E-state index is -3.59. The van der Waals surface area contributed by atoms with Gasteiger partial charge in [0.15, 0.2) is 0 Å². The second kappa shape index (κ2) is 11.6. The number of hydrogen-bond acceptors (Lipinski definition) is 6. The molecule has 0 fully saturated rings. The number of esters is 1. The number of imidazole rings is 1. The number of fused-ring (bicyclic) bond motifs is 1. The second-order valence-electron chi connectivity index (χ2n) is 7.93. The first kappa shape index (κ1) is 26.8. The fraction of sp³-hybridized carbons (Fsp3) is 0.609. The van der Waals surface area contributed by atoms with E-state index in [0.29, 0.717) is 37.4 Å². The van der Waals surface area contributed by atoms with E-state index in [1.165, 1.54) is 9.21 Å². The number of aromatic nitrogens is 2. The molecule has 10 heteroatoms. The first-order valence-electron chi connectivity index (χ1n) is 11.5. The van der Waals surface area contributed by atoms with Gasteiger partial charge in [0.2, 0.25) is 15.9 Å². The molecule has 2 rings (SSSR count). The highest BCUT2D eigenvalue weighted by atomic mass is 32.2. The lowest BCUT2D eigenvalue weighted by Gasteiger charge is -2.25. The van der Waals surface area contributed by atoms with Gasteiger partial charge in [-0.3, -0.25) is 9.59 Å². The van der Waals surface area contributed by atoms with Crippen molar-refractivity contribution >= 4 is 32.9 Å². The van der Waals surface area contributed by atoms with Crippen LogP contribution in [0.15, 0.2) is 23.1 Å². The van der Waals surface area contributed by atoms with Crippen LogP contribution in [0.4, 0.5) is 0 Å². The quantitative estimate of drug-likeness (QED) is 0.433. The molecule has 0 saturated carbocycles. The van der Waals surface area contributed by atoms with Crippen LogP contribution in [0.5, 0.6) is 0 Å². The molecule has 0 aliphatic heterocycles. The highest BCUT2D eigenvalue weighted by Gasteiger charge is 2.24. The van der Waals surface area contributed by atoms with Gasteiger partial charge in [0, 0.05) is 38.5 Å². The van der Waals surface area contributed by atoms with Gasteiger partial charge in [-0.2, -0.15) is 4.31 Å². The molecule has 0 saturated heterocycles. The summed E-state index contributed by atoms with van der Waals surface area (Å²) in [5.41, 5.74) is 1.41. The predicted molar refractivity (Wildman–Crippen MR) is 127 cm³/mol. The lowest BCUT2D eigenvalue weighted by molar-refractivity contribution is -0.150. The van der Waals surface area contributed by atoms with Crippen molar-refractivity contribution in [3.8, 4) is 0 Å². The number of sulfonamides is 1. The maximum Gasteiger partial charge on any atom is 0.325 e. The standard InChI is InChI=1S/C23H36N4O5S/c1-7-25(8-2)33(30,31)18-11-12-20-19(15-18)24-21(26(20)9-3)13-14-22(28)27(17(5)6)16-23(29)32-10-4/h11-12,15,17H,7-10,13-14,16H2,1-6H3. The fourth-order valence-corrected chi connectivity index (χ4v) is 5.32. The van der Waals surface area contributed by atoms with Crippen molar-refractivity contribution in [2.24, 2.45) is 0 Å². The highest BCUT2D eigenvalue weighted by Crippen LogP contribution is 2.23. The zero-order chi connectivity index (χ0) is 24.8. The van der Waals surface area contributed by atoms with E-state index in [0.717, 1.165) is 5.52 Å². The molecule has 0 spiro atoms. The zero-order valence-electron chi connectivity index (χ0n) is 20.5. The molecule has 0 radical (unpaired) electrons. The van der Waals surface area contributed by atoms with Crippen LogP contribution >= 0.6 is 0 Å².